The van der Waals surface area contributed by atoms with Crippen LogP contribution in [0.4, 0.5) is 0 Å². The zero-order chi connectivity index (χ0) is 10.9. The molecule has 7 heteroatoms. The lowest BCUT2D eigenvalue weighted by atomic mass is 10.2. The van der Waals surface area contributed by atoms with E-state index in [0.29, 0.717) is 5.70 Å². The quantitative estimate of drug-likeness (QED) is 0.311. The van der Waals surface area contributed by atoms with Crippen molar-refractivity contribution in [2.45, 2.75) is 13.8 Å². The molecule has 1 aliphatic rings. The van der Waals surface area contributed by atoms with Crippen molar-refractivity contribution in [2.24, 2.45) is 16.5 Å². The van der Waals surface area contributed by atoms with Gasteiger partial charge in [-0.3, -0.25) is 15.6 Å². The molecule has 0 saturated carbocycles. The van der Waals surface area contributed by atoms with E-state index in [1.165, 1.54) is 6.92 Å². The van der Waals surface area contributed by atoms with Crippen molar-refractivity contribution in [3.05, 3.63) is 11.4 Å². The van der Waals surface area contributed by atoms with Gasteiger partial charge in [-0.1, -0.05) is 0 Å². The molecule has 1 heterocycles. The van der Waals surface area contributed by atoms with E-state index in [2.05, 4.69) is 10.4 Å². The molecule has 14 heavy (non-hydrogen) atoms. The number of allylic oxidation sites excluding steroid dienone is 2. The largest absolute Gasteiger partial charge is 0.368 e. The first-order valence-electron chi connectivity index (χ1n) is 3.90. The fourth-order valence-electron chi connectivity index (χ4n) is 1.18. The Labute approximate surface area is 80.9 Å². The molecule has 0 bridgehead atoms. The fraction of sp³-hybridized carbons (Fsp3) is 0.286. The maximum absolute atomic E-state index is 11.2. The van der Waals surface area contributed by atoms with Gasteiger partial charge in [0.25, 0.3) is 0 Å². The molecule has 0 radical (unpaired) electrons. The molecule has 1 aliphatic heterocycles. The van der Waals surface area contributed by atoms with Crippen LogP contribution in [-0.2, 0) is 4.79 Å². The Morgan fingerprint density at radius 1 is 1.64 bits per heavy atom. The van der Waals surface area contributed by atoms with Crippen LogP contribution in [0.25, 0.3) is 0 Å². The number of nitrogens with zero attached hydrogens (tertiary/aromatic N) is 2. The molecule has 0 atom stereocenters. The third-order valence-corrected chi connectivity index (χ3v) is 1.66. The highest BCUT2D eigenvalue weighted by atomic mass is 16.1. The molecule has 0 aromatic carbocycles. The van der Waals surface area contributed by atoms with Gasteiger partial charge in [-0.2, -0.15) is 0 Å². The second-order valence-corrected chi connectivity index (χ2v) is 2.82. The number of hydrogen-bond acceptors (Lipinski definition) is 5. The molecule has 0 aliphatic carbocycles. The Kier molecular flexibility index (Phi) is 2.41. The van der Waals surface area contributed by atoms with Crippen molar-refractivity contribution in [1.82, 2.24) is 10.4 Å². The van der Waals surface area contributed by atoms with Gasteiger partial charge in [0.05, 0.1) is 5.70 Å². The molecule has 0 spiro atoms. The Morgan fingerprint density at radius 3 is 2.64 bits per heavy atom. The zero-order valence-corrected chi connectivity index (χ0v) is 7.96. The predicted molar refractivity (Wildman–Crippen MR) is 51.9 cm³/mol. The summed E-state index contributed by atoms with van der Waals surface area (Å²) in [6.07, 6.45) is 0. The van der Waals surface area contributed by atoms with Gasteiger partial charge in [0.1, 0.15) is 5.70 Å². The van der Waals surface area contributed by atoms with Gasteiger partial charge in [0.15, 0.2) is 5.78 Å². The van der Waals surface area contributed by atoms with E-state index in [4.69, 9.17) is 16.9 Å². The van der Waals surface area contributed by atoms with E-state index in [1.54, 1.807) is 6.92 Å². The highest BCUT2D eigenvalue weighted by Crippen LogP contribution is 2.13. The maximum Gasteiger partial charge on any atom is 0.213 e. The van der Waals surface area contributed by atoms with Crippen LogP contribution in [0.5, 0.6) is 0 Å². The molecule has 0 aromatic rings. The normalized spacial score (nSPS) is 16.1. The van der Waals surface area contributed by atoms with Gasteiger partial charge in [0, 0.05) is 6.92 Å². The fourth-order valence-corrected chi connectivity index (χ4v) is 1.18. The summed E-state index contributed by atoms with van der Waals surface area (Å²) in [5.74, 6) is -0.448. The van der Waals surface area contributed by atoms with E-state index in [0.717, 1.165) is 5.01 Å². The number of nitrogens with two attached hydrogens (primary N) is 2. The van der Waals surface area contributed by atoms with Crippen molar-refractivity contribution in [3.8, 4) is 0 Å². The van der Waals surface area contributed by atoms with Crippen molar-refractivity contribution in [3.63, 3.8) is 0 Å². The number of hydrogen-bond donors (Lipinski definition) is 4. The Balaban J connectivity index is 3.19. The lowest BCUT2D eigenvalue weighted by molar-refractivity contribution is -0.114. The first kappa shape index (κ1) is 10.0. The minimum Gasteiger partial charge on any atom is -0.368 e. The van der Waals surface area contributed by atoms with Gasteiger partial charge in [-0.15, -0.1) is 0 Å². The Morgan fingerprint density at radius 2 is 2.21 bits per heavy atom. The average Bonchev–Trinajstić information content (AvgIpc) is 2.01. The van der Waals surface area contributed by atoms with Gasteiger partial charge in [0.2, 0.25) is 11.9 Å². The summed E-state index contributed by atoms with van der Waals surface area (Å²) >= 11 is 0. The van der Waals surface area contributed by atoms with Crippen molar-refractivity contribution < 1.29 is 4.79 Å². The molecule has 0 saturated heterocycles. The van der Waals surface area contributed by atoms with E-state index >= 15 is 0 Å². The molecule has 6 N–H and O–H groups in total. The summed E-state index contributed by atoms with van der Waals surface area (Å²) in [4.78, 5) is 15.1. The van der Waals surface area contributed by atoms with Crippen LogP contribution >= 0.6 is 0 Å². The zero-order valence-electron chi connectivity index (χ0n) is 7.96. The molecule has 0 fully saturated rings. The minimum atomic E-state index is -0.313. The number of nitrogens with one attached hydrogen (secondary N) is 2. The minimum absolute atomic E-state index is 0.0997. The molecular formula is C7H12N6O. The molecule has 0 unspecified atom stereocenters. The van der Waals surface area contributed by atoms with Crippen molar-refractivity contribution in [1.29, 1.82) is 5.41 Å². The second-order valence-electron chi connectivity index (χ2n) is 2.82. The summed E-state index contributed by atoms with van der Waals surface area (Å²) in [5, 5.41) is 8.33. The van der Waals surface area contributed by atoms with Crippen LogP contribution in [0, 0.1) is 5.41 Å². The average molecular weight is 196 g/mol. The molecule has 1 rings (SSSR count). The summed E-state index contributed by atoms with van der Waals surface area (Å²) in [6.45, 7) is 2.99. The van der Waals surface area contributed by atoms with Crippen LogP contribution < -0.4 is 16.9 Å². The number of hydrazine groups is 1. The Hall–Kier alpha value is -2.05. The first-order valence-corrected chi connectivity index (χ1v) is 3.90. The smallest absolute Gasteiger partial charge is 0.213 e. The van der Waals surface area contributed by atoms with Gasteiger partial charge >= 0.3 is 0 Å². The second kappa shape index (κ2) is 3.36. The highest BCUT2D eigenvalue weighted by molar-refractivity contribution is 6.00. The number of carbonyl (C=O) groups is 1. The lowest BCUT2D eigenvalue weighted by Gasteiger charge is -2.28. The number of rotatable bonds is 1. The van der Waals surface area contributed by atoms with Crippen LogP contribution in [0.1, 0.15) is 13.8 Å². The highest BCUT2D eigenvalue weighted by Gasteiger charge is 2.23. The molecule has 0 amide bonds. The summed E-state index contributed by atoms with van der Waals surface area (Å²) < 4.78 is 0. The van der Waals surface area contributed by atoms with E-state index in [1.807, 2.05) is 0 Å². The maximum atomic E-state index is 11.2. The summed E-state index contributed by atoms with van der Waals surface area (Å²) in [7, 11) is 0. The predicted octanol–water partition coefficient (Wildman–Crippen LogP) is -1.16. The van der Waals surface area contributed by atoms with Gasteiger partial charge in [-0.25, -0.2) is 10.0 Å². The topological polar surface area (TPSA) is 121 Å². The monoisotopic (exact) mass is 196 g/mol. The molecular weight excluding hydrogens is 184 g/mol. The molecule has 7 nitrogen and oxygen atoms in total. The van der Waals surface area contributed by atoms with Gasteiger partial charge in [-0.05, 0) is 6.92 Å². The van der Waals surface area contributed by atoms with E-state index < -0.39 is 0 Å². The molecule has 0 aromatic heterocycles. The Bertz CT molecular complexity index is 355. The summed E-state index contributed by atoms with van der Waals surface area (Å²) in [6, 6.07) is 0. The van der Waals surface area contributed by atoms with Crippen molar-refractivity contribution >= 4 is 17.7 Å². The summed E-state index contributed by atoms with van der Waals surface area (Å²) in [5.41, 5.74) is 13.9. The third kappa shape index (κ3) is 1.65. The van der Waals surface area contributed by atoms with E-state index in [-0.39, 0.29) is 23.4 Å². The number of Topliss-reactive ketones (excluding diaryl/α,β-unsaturated/α-hetero) is 1. The van der Waals surface area contributed by atoms with Gasteiger partial charge < -0.3 is 11.5 Å². The first-order chi connectivity index (χ1) is 6.43. The van der Waals surface area contributed by atoms with Crippen LogP contribution in [0.15, 0.2) is 16.4 Å². The van der Waals surface area contributed by atoms with Crippen molar-refractivity contribution in [2.75, 3.05) is 0 Å². The van der Waals surface area contributed by atoms with Crippen LogP contribution in [0.3, 0.4) is 0 Å². The van der Waals surface area contributed by atoms with Crippen LogP contribution in [0.2, 0.25) is 0 Å². The SMILES string of the molecule is CC(=O)C1=C(C)N=C(N)NN1C(=N)N. The molecule has 76 valence electrons. The number of ketones is 1. The lowest BCUT2D eigenvalue weighted by Crippen LogP contribution is -2.54. The standard InChI is InChI=1S/C7H12N6O/c1-3-5(4(2)14)13(6(8)9)12-7(10)11-3/h1-2H3,(H3,8,9)(H3,10,11,12). The number of carbonyl (C=O) groups excluding carboxylic acids is 1. The number of aliphatic imine (C=N–C) groups is 1. The number of guanidine groups is 2. The third-order valence-electron chi connectivity index (χ3n) is 1.66. The van der Waals surface area contributed by atoms with E-state index in [9.17, 15) is 4.79 Å². The van der Waals surface area contributed by atoms with Crippen LogP contribution in [-0.4, -0.2) is 22.7 Å².